The maximum Gasteiger partial charge on any atom is 0.340 e. The lowest BCUT2D eigenvalue weighted by Crippen LogP contribution is -2.46. The molecule has 0 radical (unpaired) electrons. The zero-order valence-electron chi connectivity index (χ0n) is 14.2. The smallest absolute Gasteiger partial charge is 0.340 e. The fourth-order valence-corrected chi connectivity index (χ4v) is 1.93. The quantitative estimate of drug-likeness (QED) is 0.663. The number of anilines is 1. The molecule has 0 aliphatic rings. The summed E-state index contributed by atoms with van der Waals surface area (Å²) in [6.07, 6.45) is 0. The molecule has 0 aliphatic heterocycles. The van der Waals surface area contributed by atoms with E-state index >= 15 is 0 Å². The molecule has 134 valence electrons. The number of methoxy groups -OCH3 is 1. The molecule has 8 heteroatoms. The third-order valence-corrected chi connectivity index (χ3v) is 3.38. The third-order valence-electron chi connectivity index (χ3n) is 3.38. The topological polar surface area (TPSA) is 111 Å². The zero-order chi connectivity index (χ0) is 17.6. The van der Waals surface area contributed by atoms with Gasteiger partial charge in [0.1, 0.15) is 0 Å². The van der Waals surface area contributed by atoms with Crippen LogP contribution in [0.25, 0.3) is 0 Å². The number of halogens is 1. The van der Waals surface area contributed by atoms with Gasteiger partial charge in [0, 0.05) is 0 Å². The number of esters is 1. The summed E-state index contributed by atoms with van der Waals surface area (Å²) in [4.78, 5) is 35.5. The van der Waals surface area contributed by atoms with Crippen molar-refractivity contribution < 1.29 is 19.1 Å². The fourth-order valence-electron chi connectivity index (χ4n) is 1.93. The molecule has 1 aromatic rings. The molecule has 1 aromatic carbocycles. The molecule has 7 nitrogen and oxygen atoms in total. The van der Waals surface area contributed by atoms with Gasteiger partial charge in [-0.25, -0.2) is 4.79 Å². The third kappa shape index (κ3) is 5.82. The lowest BCUT2D eigenvalue weighted by Gasteiger charge is -2.16. The maximum absolute atomic E-state index is 12.0. The van der Waals surface area contributed by atoms with Crippen LogP contribution in [0.3, 0.4) is 0 Å². The Balaban J connectivity index is 0.00000529. The molecule has 0 heterocycles. The van der Waals surface area contributed by atoms with Gasteiger partial charge in [-0.05, 0) is 24.5 Å². The van der Waals surface area contributed by atoms with Crippen LogP contribution in [-0.4, -0.2) is 37.5 Å². The Bertz CT molecular complexity index is 605. The maximum atomic E-state index is 12.0. The predicted octanol–water partition coefficient (Wildman–Crippen LogP) is 1.24. The standard InChI is InChI=1S/C16H23N3O4.ClH/c1-9(2)14(17)15(21)18-8-12(20)19-11-7-5-6-10(3)13(11)16(22)23-4;/h5-7,9,14H,8,17H2,1-4H3,(H,18,21)(H,19,20);1H/t14-;/m0./s1. The summed E-state index contributed by atoms with van der Waals surface area (Å²) in [7, 11) is 1.27. The van der Waals surface area contributed by atoms with Crippen LogP contribution in [0.2, 0.25) is 0 Å². The van der Waals surface area contributed by atoms with Gasteiger partial charge in [0.15, 0.2) is 0 Å². The van der Waals surface area contributed by atoms with Gasteiger partial charge in [0.2, 0.25) is 11.8 Å². The van der Waals surface area contributed by atoms with Gasteiger partial charge in [-0.1, -0.05) is 26.0 Å². The Morgan fingerprint density at radius 2 is 1.88 bits per heavy atom. The molecule has 0 unspecified atom stereocenters. The van der Waals surface area contributed by atoms with E-state index in [0.29, 0.717) is 11.3 Å². The van der Waals surface area contributed by atoms with E-state index in [2.05, 4.69) is 10.6 Å². The number of hydrogen-bond acceptors (Lipinski definition) is 5. The Morgan fingerprint density at radius 1 is 1.25 bits per heavy atom. The highest BCUT2D eigenvalue weighted by atomic mass is 35.5. The summed E-state index contributed by atoms with van der Waals surface area (Å²) >= 11 is 0. The van der Waals surface area contributed by atoms with Crippen LogP contribution in [-0.2, 0) is 14.3 Å². The molecule has 1 rings (SSSR count). The molecule has 0 aliphatic carbocycles. The lowest BCUT2D eigenvalue weighted by atomic mass is 10.1. The first-order chi connectivity index (χ1) is 10.8. The van der Waals surface area contributed by atoms with Gasteiger partial charge in [-0.15, -0.1) is 12.4 Å². The zero-order valence-corrected chi connectivity index (χ0v) is 15.0. The molecular formula is C16H24ClN3O4. The van der Waals surface area contributed by atoms with E-state index in [1.807, 2.05) is 13.8 Å². The number of rotatable bonds is 6. The van der Waals surface area contributed by atoms with E-state index in [-0.39, 0.29) is 30.4 Å². The minimum absolute atomic E-state index is 0. The van der Waals surface area contributed by atoms with Crippen molar-refractivity contribution in [2.24, 2.45) is 11.7 Å². The minimum Gasteiger partial charge on any atom is -0.465 e. The van der Waals surface area contributed by atoms with Gasteiger partial charge in [0.25, 0.3) is 0 Å². The average Bonchev–Trinajstić information content (AvgIpc) is 2.51. The second-order valence-corrected chi connectivity index (χ2v) is 5.52. The highest BCUT2D eigenvalue weighted by molar-refractivity contribution is 6.03. The van der Waals surface area contributed by atoms with E-state index in [0.717, 1.165) is 0 Å². The number of carbonyl (C=O) groups excluding carboxylic acids is 3. The molecule has 0 saturated carbocycles. The summed E-state index contributed by atoms with van der Waals surface area (Å²) in [5.74, 6) is -1.41. The monoisotopic (exact) mass is 357 g/mol. The van der Waals surface area contributed by atoms with Crippen LogP contribution in [0.1, 0.15) is 29.8 Å². The molecule has 0 bridgehead atoms. The molecule has 4 N–H and O–H groups in total. The molecule has 24 heavy (non-hydrogen) atoms. The molecule has 0 saturated heterocycles. The number of amides is 2. The second-order valence-electron chi connectivity index (χ2n) is 5.52. The van der Waals surface area contributed by atoms with Crippen LogP contribution in [0.15, 0.2) is 18.2 Å². The molecule has 1 atom stereocenters. The van der Waals surface area contributed by atoms with Crippen molar-refractivity contribution in [2.75, 3.05) is 19.0 Å². The van der Waals surface area contributed by atoms with Gasteiger partial charge >= 0.3 is 5.97 Å². The van der Waals surface area contributed by atoms with E-state index in [4.69, 9.17) is 10.5 Å². The number of hydrogen-bond donors (Lipinski definition) is 3. The lowest BCUT2D eigenvalue weighted by molar-refractivity contribution is -0.125. The number of benzene rings is 1. The van der Waals surface area contributed by atoms with Gasteiger partial charge in [-0.3, -0.25) is 9.59 Å². The largest absolute Gasteiger partial charge is 0.465 e. The van der Waals surface area contributed by atoms with Crippen molar-refractivity contribution in [1.29, 1.82) is 0 Å². The van der Waals surface area contributed by atoms with Crippen molar-refractivity contribution in [3.05, 3.63) is 29.3 Å². The molecule has 0 aromatic heterocycles. The van der Waals surface area contributed by atoms with Crippen LogP contribution in [0.4, 0.5) is 5.69 Å². The van der Waals surface area contributed by atoms with Crippen LogP contribution < -0.4 is 16.4 Å². The van der Waals surface area contributed by atoms with E-state index in [1.54, 1.807) is 25.1 Å². The number of nitrogens with one attached hydrogen (secondary N) is 2. The summed E-state index contributed by atoms with van der Waals surface area (Å²) < 4.78 is 4.72. The molecular weight excluding hydrogens is 334 g/mol. The number of nitrogens with two attached hydrogens (primary N) is 1. The second kappa shape index (κ2) is 9.89. The van der Waals surface area contributed by atoms with Gasteiger partial charge < -0.3 is 21.1 Å². The first-order valence-corrected chi connectivity index (χ1v) is 7.29. The fraction of sp³-hybridized carbons (Fsp3) is 0.438. The van der Waals surface area contributed by atoms with Gasteiger partial charge in [-0.2, -0.15) is 0 Å². The Labute approximate surface area is 147 Å². The first-order valence-electron chi connectivity index (χ1n) is 7.29. The summed E-state index contributed by atoms with van der Waals surface area (Å²) in [6.45, 7) is 5.15. The Kier molecular flexibility index (Phi) is 9.02. The first kappa shape index (κ1) is 21.9. The van der Waals surface area contributed by atoms with Crippen molar-refractivity contribution in [2.45, 2.75) is 26.8 Å². The Morgan fingerprint density at radius 3 is 2.42 bits per heavy atom. The number of carbonyl (C=O) groups is 3. The normalized spacial score (nSPS) is 11.2. The van der Waals surface area contributed by atoms with Crippen LogP contribution in [0.5, 0.6) is 0 Å². The highest BCUT2D eigenvalue weighted by Crippen LogP contribution is 2.20. The summed E-state index contributed by atoms with van der Waals surface area (Å²) in [5, 5.41) is 5.06. The summed E-state index contributed by atoms with van der Waals surface area (Å²) in [6, 6.07) is 4.38. The number of ether oxygens (including phenoxy) is 1. The number of aryl methyl sites for hydroxylation is 1. The van der Waals surface area contributed by atoms with Gasteiger partial charge in [0.05, 0.1) is 30.9 Å². The van der Waals surface area contributed by atoms with E-state index in [1.165, 1.54) is 7.11 Å². The van der Waals surface area contributed by atoms with Crippen molar-refractivity contribution in [1.82, 2.24) is 5.32 Å². The van der Waals surface area contributed by atoms with Crippen molar-refractivity contribution in [3.63, 3.8) is 0 Å². The summed E-state index contributed by atoms with van der Waals surface area (Å²) in [5.41, 5.74) is 7.00. The minimum atomic E-state index is -0.674. The van der Waals surface area contributed by atoms with Crippen molar-refractivity contribution >= 4 is 35.9 Å². The predicted molar refractivity (Wildman–Crippen MR) is 94.2 cm³/mol. The Hall–Kier alpha value is -2.12. The van der Waals surface area contributed by atoms with Crippen LogP contribution in [0, 0.1) is 12.8 Å². The van der Waals surface area contributed by atoms with Crippen molar-refractivity contribution in [3.8, 4) is 0 Å². The molecule has 0 fully saturated rings. The average molecular weight is 358 g/mol. The van der Waals surface area contributed by atoms with E-state index < -0.39 is 23.8 Å². The molecule has 2 amide bonds. The molecule has 0 spiro atoms. The van der Waals surface area contributed by atoms with Crippen LogP contribution >= 0.6 is 12.4 Å². The van der Waals surface area contributed by atoms with E-state index in [9.17, 15) is 14.4 Å². The SMILES string of the molecule is COC(=O)c1c(C)cccc1NC(=O)CNC(=O)[C@@H](N)C(C)C.Cl. The highest BCUT2D eigenvalue weighted by Gasteiger charge is 2.19.